The second-order valence-electron chi connectivity index (χ2n) is 2.86. The summed E-state index contributed by atoms with van der Waals surface area (Å²) in [5, 5.41) is 4.49. The Bertz CT molecular complexity index is 144. The van der Waals surface area contributed by atoms with E-state index >= 15 is 0 Å². The van der Waals surface area contributed by atoms with E-state index in [0.717, 1.165) is 25.9 Å². The first-order valence-corrected chi connectivity index (χ1v) is 4.48. The molecule has 0 unspecified atom stereocenters. The van der Waals surface area contributed by atoms with E-state index in [2.05, 4.69) is 12.2 Å². The van der Waals surface area contributed by atoms with Crippen LogP contribution in [0.5, 0.6) is 0 Å². The summed E-state index contributed by atoms with van der Waals surface area (Å²) in [6.07, 6.45) is 2.01. The van der Waals surface area contributed by atoms with Crippen LogP contribution >= 0.6 is 0 Å². The van der Waals surface area contributed by atoms with Gasteiger partial charge in [0, 0.05) is 0 Å². The summed E-state index contributed by atoms with van der Waals surface area (Å²) in [6.45, 7) is 4.78. The summed E-state index contributed by atoms with van der Waals surface area (Å²) >= 11 is 0. The molecule has 0 spiro atoms. The lowest BCUT2D eigenvalue weighted by Crippen LogP contribution is -2.35. The minimum Gasteiger partial charge on any atom is -0.308 e. The van der Waals surface area contributed by atoms with Gasteiger partial charge in [0.25, 0.3) is 5.91 Å². The van der Waals surface area contributed by atoms with Gasteiger partial charge in [-0.05, 0) is 19.4 Å². The number of amides is 1. The SMILES string of the molecule is CCCNCC(=O)N1CCCO1. The van der Waals surface area contributed by atoms with Gasteiger partial charge in [-0.2, -0.15) is 0 Å². The zero-order chi connectivity index (χ0) is 8.81. The fourth-order valence-electron chi connectivity index (χ4n) is 1.10. The first-order chi connectivity index (χ1) is 5.84. The number of rotatable bonds is 4. The Morgan fingerprint density at radius 2 is 2.50 bits per heavy atom. The van der Waals surface area contributed by atoms with Crippen molar-refractivity contribution in [2.24, 2.45) is 0 Å². The van der Waals surface area contributed by atoms with Crippen molar-refractivity contribution in [1.82, 2.24) is 10.4 Å². The molecule has 1 heterocycles. The van der Waals surface area contributed by atoms with Crippen LogP contribution in [0, 0.1) is 0 Å². The first-order valence-electron chi connectivity index (χ1n) is 4.48. The molecule has 0 atom stereocenters. The minimum absolute atomic E-state index is 0.0425. The van der Waals surface area contributed by atoms with Gasteiger partial charge in [0.05, 0.1) is 19.7 Å². The predicted molar refractivity (Wildman–Crippen MR) is 45.4 cm³/mol. The van der Waals surface area contributed by atoms with Gasteiger partial charge >= 0.3 is 0 Å². The summed E-state index contributed by atoms with van der Waals surface area (Å²) in [5.41, 5.74) is 0. The van der Waals surface area contributed by atoms with E-state index in [1.807, 2.05) is 0 Å². The van der Waals surface area contributed by atoms with Crippen molar-refractivity contribution in [3.8, 4) is 0 Å². The fraction of sp³-hybridized carbons (Fsp3) is 0.875. The maximum Gasteiger partial charge on any atom is 0.260 e. The second-order valence-corrected chi connectivity index (χ2v) is 2.86. The summed E-state index contributed by atoms with van der Waals surface area (Å²) in [6, 6.07) is 0. The van der Waals surface area contributed by atoms with Crippen molar-refractivity contribution in [2.45, 2.75) is 19.8 Å². The number of hydroxylamine groups is 2. The fourth-order valence-corrected chi connectivity index (χ4v) is 1.10. The van der Waals surface area contributed by atoms with Crippen molar-refractivity contribution in [3.05, 3.63) is 0 Å². The van der Waals surface area contributed by atoms with Crippen LogP contribution in [0.4, 0.5) is 0 Å². The third kappa shape index (κ3) is 2.79. The maximum atomic E-state index is 11.3. The van der Waals surface area contributed by atoms with Gasteiger partial charge in [0.2, 0.25) is 0 Å². The summed E-state index contributed by atoms with van der Waals surface area (Å²) in [4.78, 5) is 16.3. The molecule has 0 aliphatic carbocycles. The van der Waals surface area contributed by atoms with Gasteiger partial charge in [-0.15, -0.1) is 0 Å². The Kier molecular flexibility index (Phi) is 4.04. The van der Waals surface area contributed by atoms with Crippen LogP contribution < -0.4 is 5.32 Å². The normalized spacial score (nSPS) is 16.9. The molecule has 1 aliphatic rings. The molecule has 1 saturated heterocycles. The van der Waals surface area contributed by atoms with E-state index in [4.69, 9.17) is 4.84 Å². The van der Waals surface area contributed by atoms with E-state index < -0.39 is 0 Å². The molecular formula is C8H16N2O2. The highest BCUT2D eigenvalue weighted by molar-refractivity contribution is 5.77. The van der Waals surface area contributed by atoms with Crippen molar-refractivity contribution in [2.75, 3.05) is 26.2 Å². The quantitative estimate of drug-likeness (QED) is 0.614. The highest BCUT2D eigenvalue weighted by Gasteiger charge is 2.17. The van der Waals surface area contributed by atoms with Crippen LogP contribution in [-0.2, 0) is 9.63 Å². The zero-order valence-electron chi connectivity index (χ0n) is 7.51. The standard InChI is InChI=1S/C8H16N2O2/c1-2-4-9-7-8(11)10-5-3-6-12-10/h9H,2-7H2,1H3. The molecule has 1 fully saturated rings. The van der Waals surface area contributed by atoms with E-state index in [9.17, 15) is 4.79 Å². The molecule has 1 rings (SSSR count). The molecule has 70 valence electrons. The van der Waals surface area contributed by atoms with Crippen molar-refractivity contribution >= 4 is 5.91 Å². The Labute approximate surface area is 72.8 Å². The third-order valence-electron chi connectivity index (χ3n) is 1.73. The molecule has 12 heavy (non-hydrogen) atoms. The molecule has 1 N–H and O–H groups in total. The Hall–Kier alpha value is -0.610. The molecule has 0 radical (unpaired) electrons. The molecular weight excluding hydrogens is 156 g/mol. The highest BCUT2D eigenvalue weighted by Crippen LogP contribution is 2.03. The molecule has 4 nitrogen and oxygen atoms in total. The molecule has 4 heteroatoms. The average molecular weight is 172 g/mol. The molecule has 0 bridgehead atoms. The van der Waals surface area contributed by atoms with Crippen LogP contribution in [0.1, 0.15) is 19.8 Å². The molecule has 0 aromatic carbocycles. The highest BCUT2D eigenvalue weighted by atomic mass is 16.7. The number of nitrogens with zero attached hydrogens (tertiary/aromatic N) is 1. The zero-order valence-corrected chi connectivity index (χ0v) is 7.51. The predicted octanol–water partition coefficient (Wildman–Crippen LogP) is 0.150. The molecule has 0 aromatic heterocycles. The van der Waals surface area contributed by atoms with Crippen molar-refractivity contribution in [3.63, 3.8) is 0 Å². The van der Waals surface area contributed by atoms with E-state index in [0.29, 0.717) is 13.2 Å². The van der Waals surface area contributed by atoms with Crippen LogP contribution in [0.3, 0.4) is 0 Å². The van der Waals surface area contributed by atoms with Crippen molar-refractivity contribution in [1.29, 1.82) is 0 Å². The summed E-state index contributed by atoms with van der Waals surface area (Å²) in [5.74, 6) is 0.0425. The lowest BCUT2D eigenvalue weighted by atomic mass is 10.4. The lowest BCUT2D eigenvalue weighted by molar-refractivity contribution is -0.167. The number of hydrogen-bond donors (Lipinski definition) is 1. The third-order valence-corrected chi connectivity index (χ3v) is 1.73. The topological polar surface area (TPSA) is 41.6 Å². The first kappa shape index (κ1) is 9.48. The van der Waals surface area contributed by atoms with Gasteiger partial charge < -0.3 is 5.32 Å². The Morgan fingerprint density at radius 3 is 3.08 bits per heavy atom. The van der Waals surface area contributed by atoms with Gasteiger partial charge in [-0.3, -0.25) is 9.63 Å². The minimum atomic E-state index is 0.0425. The number of carbonyl (C=O) groups excluding carboxylic acids is 1. The van der Waals surface area contributed by atoms with E-state index in [1.54, 1.807) is 0 Å². The van der Waals surface area contributed by atoms with Crippen LogP contribution in [0.25, 0.3) is 0 Å². The second kappa shape index (κ2) is 5.11. The van der Waals surface area contributed by atoms with Gasteiger partial charge in [-0.1, -0.05) is 6.92 Å². The summed E-state index contributed by atoms with van der Waals surface area (Å²) < 4.78 is 0. The summed E-state index contributed by atoms with van der Waals surface area (Å²) in [7, 11) is 0. The Balaban J connectivity index is 2.10. The van der Waals surface area contributed by atoms with Crippen molar-refractivity contribution < 1.29 is 9.63 Å². The smallest absolute Gasteiger partial charge is 0.260 e. The maximum absolute atomic E-state index is 11.3. The van der Waals surface area contributed by atoms with Gasteiger partial charge in [-0.25, -0.2) is 5.06 Å². The number of hydrogen-bond acceptors (Lipinski definition) is 3. The molecule has 1 amide bonds. The molecule has 0 aromatic rings. The monoisotopic (exact) mass is 172 g/mol. The lowest BCUT2D eigenvalue weighted by Gasteiger charge is -2.13. The largest absolute Gasteiger partial charge is 0.308 e. The van der Waals surface area contributed by atoms with E-state index in [-0.39, 0.29) is 5.91 Å². The average Bonchev–Trinajstić information content (AvgIpc) is 2.56. The number of carbonyl (C=O) groups is 1. The molecule has 0 saturated carbocycles. The van der Waals surface area contributed by atoms with Crippen LogP contribution in [0.15, 0.2) is 0 Å². The molecule has 1 aliphatic heterocycles. The van der Waals surface area contributed by atoms with Gasteiger partial charge in [0.1, 0.15) is 0 Å². The van der Waals surface area contributed by atoms with Crippen LogP contribution in [-0.4, -0.2) is 37.2 Å². The van der Waals surface area contributed by atoms with Crippen LogP contribution in [0.2, 0.25) is 0 Å². The van der Waals surface area contributed by atoms with E-state index in [1.165, 1.54) is 5.06 Å². The number of nitrogens with one attached hydrogen (secondary N) is 1. The van der Waals surface area contributed by atoms with Gasteiger partial charge in [0.15, 0.2) is 0 Å². The Morgan fingerprint density at radius 1 is 1.67 bits per heavy atom.